The van der Waals surface area contributed by atoms with Gasteiger partial charge in [-0.1, -0.05) is 25.5 Å². The van der Waals surface area contributed by atoms with Crippen LogP contribution < -0.4 is 14.2 Å². The minimum Gasteiger partial charge on any atom is -0.504 e. The van der Waals surface area contributed by atoms with E-state index in [9.17, 15) is 14.7 Å². The zero-order chi connectivity index (χ0) is 28.1. The van der Waals surface area contributed by atoms with E-state index in [0.29, 0.717) is 59.4 Å². The maximum Gasteiger partial charge on any atom is 0.315 e. The molecule has 0 fully saturated rings. The first-order valence-electron chi connectivity index (χ1n) is 13.5. The predicted molar refractivity (Wildman–Crippen MR) is 148 cm³/mol. The minimum atomic E-state index is -0.749. The fraction of sp³-hybridized carbons (Fsp3) is 0.452. The average Bonchev–Trinajstić information content (AvgIpc) is 2.93. The second-order valence-electron chi connectivity index (χ2n) is 9.89. The summed E-state index contributed by atoms with van der Waals surface area (Å²) in [6.07, 6.45) is 2.47. The molecule has 0 radical (unpaired) electrons. The van der Waals surface area contributed by atoms with E-state index in [4.69, 9.17) is 23.9 Å². The number of phenolic OH excluding ortho intramolecular Hbond substituents is 1. The van der Waals surface area contributed by atoms with Gasteiger partial charge >= 0.3 is 5.97 Å². The zero-order valence-electron chi connectivity index (χ0n) is 23.3. The number of hydrogen-bond acceptors (Lipinski definition) is 8. The molecular formula is C31H37NO7. The van der Waals surface area contributed by atoms with Crippen molar-refractivity contribution in [2.24, 2.45) is 10.9 Å². The second kappa shape index (κ2) is 12.4. The summed E-state index contributed by atoms with van der Waals surface area (Å²) in [5, 5.41) is 10.3. The molecule has 8 nitrogen and oxygen atoms in total. The van der Waals surface area contributed by atoms with Gasteiger partial charge in [-0.25, -0.2) is 0 Å². The Labute approximate surface area is 229 Å². The molecule has 208 valence electrons. The molecule has 39 heavy (non-hydrogen) atoms. The highest BCUT2D eigenvalue weighted by Crippen LogP contribution is 2.48. The van der Waals surface area contributed by atoms with Gasteiger partial charge in [-0.3, -0.25) is 14.6 Å². The van der Waals surface area contributed by atoms with Crippen LogP contribution >= 0.6 is 0 Å². The van der Waals surface area contributed by atoms with E-state index in [1.54, 1.807) is 32.4 Å². The Balaban J connectivity index is 1.77. The molecule has 2 aliphatic rings. The number of aliphatic imine (C=N–C) groups is 1. The van der Waals surface area contributed by atoms with Crippen molar-refractivity contribution in [3.63, 3.8) is 0 Å². The van der Waals surface area contributed by atoms with Crippen molar-refractivity contribution < 1.29 is 33.6 Å². The van der Waals surface area contributed by atoms with Crippen LogP contribution in [0.1, 0.15) is 69.4 Å². The maximum absolute atomic E-state index is 13.9. The lowest BCUT2D eigenvalue weighted by molar-refractivity contribution is -0.146. The van der Waals surface area contributed by atoms with Crippen molar-refractivity contribution in [2.75, 3.05) is 27.4 Å². The van der Waals surface area contributed by atoms with Crippen LogP contribution in [0.25, 0.3) is 0 Å². The van der Waals surface area contributed by atoms with Crippen molar-refractivity contribution in [1.29, 1.82) is 0 Å². The summed E-state index contributed by atoms with van der Waals surface area (Å²) in [5.74, 6) is -0.366. The first-order chi connectivity index (χ1) is 18.8. The number of benzene rings is 2. The van der Waals surface area contributed by atoms with Gasteiger partial charge in [0.05, 0.1) is 27.4 Å². The monoisotopic (exact) mass is 535 g/mol. The van der Waals surface area contributed by atoms with Gasteiger partial charge in [0.1, 0.15) is 5.92 Å². The quantitative estimate of drug-likeness (QED) is 0.306. The van der Waals surface area contributed by atoms with Crippen molar-refractivity contribution in [3.05, 3.63) is 58.8 Å². The van der Waals surface area contributed by atoms with Crippen LogP contribution in [-0.2, 0) is 14.3 Å². The summed E-state index contributed by atoms with van der Waals surface area (Å²) < 4.78 is 22.1. The third-order valence-corrected chi connectivity index (χ3v) is 7.41. The molecule has 2 aromatic rings. The van der Waals surface area contributed by atoms with E-state index in [1.807, 2.05) is 39.0 Å². The highest BCUT2D eigenvalue weighted by molar-refractivity contribution is 6.09. The van der Waals surface area contributed by atoms with Crippen LogP contribution in [0.3, 0.4) is 0 Å². The lowest BCUT2D eigenvalue weighted by Gasteiger charge is -2.36. The van der Waals surface area contributed by atoms with Gasteiger partial charge in [0, 0.05) is 29.3 Å². The van der Waals surface area contributed by atoms with Crippen molar-refractivity contribution in [2.45, 2.75) is 58.3 Å². The topological polar surface area (TPSA) is 104 Å². The number of phenols is 1. The van der Waals surface area contributed by atoms with Gasteiger partial charge in [-0.15, -0.1) is 0 Å². The molecule has 4 rings (SSSR count). The number of Topliss-reactive ketones (excluding diaryl/α,β-unsaturated/α-hetero) is 1. The number of methoxy groups -OCH3 is 2. The molecule has 0 bridgehead atoms. The van der Waals surface area contributed by atoms with E-state index in [0.717, 1.165) is 18.4 Å². The van der Waals surface area contributed by atoms with Crippen molar-refractivity contribution >= 4 is 17.5 Å². The number of unbranched alkanes of at least 4 members (excludes halogenated alkanes) is 1. The third-order valence-electron chi connectivity index (χ3n) is 7.41. The highest BCUT2D eigenvalue weighted by Gasteiger charge is 2.45. The summed E-state index contributed by atoms with van der Waals surface area (Å²) in [7, 11) is 3.17. The molecule has 0 saturated carbocycles. The van der Waals surface area contributed by atoms with Gasteiger partial charge < -0.3 is 24.1 Å². The molecule has 1 aliphatic carbocycles. The van der Waals surface area contributed by atoms with Crippen LogP contribution in [0.4, 0.5) is 0 Å². The van der Waals surface area contributed by atoms with Crippen molar-refractivity contribution in [1.82, 2.24) is 0 Å². The number of rotatable bonds is 10. The Bertz CT molecular complexity index is 1300. The Morgan fingerprint density at radius 3 is 2.41 bits per heavy atom. The number of allylic oxidation sites excluding steroid dienone is 2. The summed E-state index contributed by atoms with van der Waals surface area (Å²) in [6, 6.07) is 10.7. The summed E-state index contributed by atoms with van der Waals surface area (Å²) >= 11 is 0. The Hall–Kier alpha value is -3.81. The van der Waals surface area contributed by atoms with E-state index in [1.165, 1.54) is 0 Å². The van der Waals surface area contributed by atoms with Gasteiger partial charge in [0.2, 0.25) is 0 Å². The number of hydrogen-bond donors (Lipinski definition) is 1. The number of aromatic hydroxyl groups is 1. The fourth-order valence-electron chi connectivity index (χ4n) is 5.47. The number of carbonyl (C=O) groups is 2. The largest absolute Gasteiger partial charge is 0.504 e. The molecule has 3 atom stereocenters. The molecule has 1 unspecified atom stereocenters. The summed E-state index contributed by atoms with van der Waals surface area (Å²) in [4.78, 5) is 32.1. The van der Waals surface area contributed by atoms with Crippen LogP contribution in [0.15, 0.2) is 52.7 Å². The van der Waals surface area contributed by atoms with E-state index in [-0.39, 0.29) is 23.9 Å². The van der Waals surface area contributed by atoms with Crippen LogP contribution in [0.2, 0.25) is 0 Å². The molecule has 0 aromatic heterocycles. The second-order valence-corrected chi connectivity index (χ2v) is 9.89. The first kappa shape index (κ1) is 28.2. The fourth-order valence-corrected chi connectivity index (χ4v) is 5.47. The third kappa shape index (κ3) is 5.79. The summed E-state index contributed by atoms with van der Waals surface area (Å²) in [5.41, 5.74) is 3.47. The van der Waals surface area contributed by atoms with E-state index >= 15 is 0 Å². The average molecular weight is 536 g/mol. The van der Waals surface area contributed by atoms with E-state index < -0.39 is 17.8 Å². The number of carbonyl (C=O) groups excluding carboxylic acids is 2. The number of esters is 1. The Kier molecular flexibility index (Phi) is 8.94. The molecule has 0 saturated heterocycles. The minimum absolute atomic E-state index is 0.00145. The number of nitrogens with zero attached hydrogens (tertiary/aromatic N) is 1. The molecular weight excluding hydrogens is 498 g/mol. The van der Waals surface area contributed by atoms with Gasteiger partial charge in [-0.2, -0.15) is 0 Å². The molecule has 0 spiro atoms. The van der Waals surface area contributed by atoms with Gasteiger partial charge in [-0.05, 0) is 68.0 Å². The predicted octanol–water partition coefficient (Wildman–Crippen LogP) is 5.73. The van der Waals surface area contributed by atoms with Crippen molar-refractivity contribution in [3.8, 4) is 23.0 Å². The normalized spacial score (nSPS) is 20.7. The molecule has 2 aromatic carbocycles. The Morgan fingerprint density at radius 2 is 1.72 bits per heavy atom. The smallest absolute Gasteiger partial charge is 0.315 e. The molecule has 1 heterocycles. The van der Waals surface area contributed by atoms with Crippen LogP contribution in [0.5, 0.6) is 23.0 Å². The van der Waals surface area contributed by atoms with Gasteiger partial charge in [0.25, 0.3) is 0 Å². The molecule has 1 aliphatic heterocycles. The first-order valence-corrected chi connectivity index (χ1v) is 13.5. The van der Waals surface area contributed by atoms with Crippen LogP contribution in [-0.4, -0.2) is 50.0 Å². The summed E-state index contributed by atoms with van der Waals surface area (Å²) in [6.45, 7) is 6.35. The lowest BCUT2D eigenvalue weighted by atomic mass is 9.69. The van der Waals surface area contributed by atoms with Gasteiger partial charge in [0.15, 0.2) is 28.8 Å². The van der Waals surface area contributed by atoms with Crippen LogP contribution in [0, 0.1) is 5.92 Å². The highest BCUT2D eigenvalue weighted by atomic mass is 16.5. The molecule has 0 amide bonds. The molecule has 8 heteroatoms. The SMILES string of the molecule is CCCCOC(=O)C1C(C)=NC2=C(C(=O)C[C@@H](c3ccc(OC)c(OC)c3)C2)[C@H]1c1ccc(O)c(OCC)c1. The van der Waals surface area contributed by atoms with E-state index in [2.05, 4.69) is 0 Å². The number of ketones is 1. The standard InChI is InChI=1S/C31H37NO7/c1-6-8-13-39-31(35)28-18(3)32-22-14-21(19-10-12-25(36-4)27(16-19)37-5)15-24(34)30(22)29(28)20-9-11-23(33)26(17-20)38-7-2/h9-12,16-17,21,28-29,33H,6-8,13-15H2,1-5H3/t21-,28?,29-/m0/s1. The maximum atomic E-state index is 13.9. The Morgan fingerprint density at radius 1 is 1.00 bits per heavy atom. The lowest BCUT2D eigenvalue weighted by Crippen LogP contribution is -2.38. The zero-order valence-corrected chi connectivity index (χ0v) is 23.3. The molecule has 1 N–H and O–H groups in total. The number of ether oxygens (including phenoxy) is 4.